The Morgan fingerprint density at radius 3 is 2.58 bits per heavy atom. The van der Waals surface area contributed by atoms with Crippen LogP contribution in [0, 0.1) is 6.92 Å². The van der Waals surface area contributed by atoms with E-state index in [1.165, 1.54) is 34.4 Å². The highest BCUT2D eigenvalue weighted by Gasteiger charge is 2.25. The normalized spacial score (nSPS) is 17.1. The van der Waals surface area contributed by atoms with Crippen LogP contribution in [0.25, 0.3) is 10.2 Å². The van der Waals surface area contributed by atoms with Crippen molar-refractivity contribution in [1.82, 2.24) is 14.5 Å². The van der Waals surface area contributed by atoms with E-state index in [2.05, 4.69) is 47.6 Å². The zero-order valence-electron chi connectivity index (χ0n) is 18.3. The second kappa shape index (κ2) is 8.60. The van der Waals surface area contributed by atoms with E-state index in [-0.39, 0.29) is 5.56 Å². The zero-order chi connectivity index (χ0) is 21.4. The number of benzene rings is 1. The van der Waals surface area contributed by atoms with E-state index in [0.29, 0.717) is 6.54 Å². The predicted molar refractivity (Wildman–Crippen MR) is 129 cm³/mol. The van der Waals surface area contributed by atoms with Crippen LogP contribution in [0.4, 0.5) is 5.95 Å². The van der Waals surface area contributed by atoms with Crippen LogP contribution in [-0.2, 0) is 25.9 Å². The first-order chi connectivity index (χ1) is 15.1. The van der Waals surface area contributed by atoms with E-state index in [0.717, 1.165) is 61.7 Å². The van der Waals surface area contributed by atoms with E-state index in [1.54, 1.807) is 11.3 Å². The van der Waals surface area contributed by atoms with Gasteiger partial charge >= 0.3 is 0 Å². The Morgan fingerprint density at radius 1 is 1.10 bits per heavy atom. The first-order valence-corrected chi connectivity index (χ1v) is 12.1. The summed E-state index contributed by atoms with van der Waals surface area (Å²) in [6, 6.07) is 8.80. The highest BCUT2D eigenvalue weighted by molar-refractivity contribution is 7.18. The molecule has 0 N–H and O–H groups in total. The Bertz CT molecular complexity index is 1150. The largest absolute Gasteiger partial charge is 0.340 e. The molecule has 2 aliphatic rings. The Balaban J connectivity index is 1.41. The van der Waals surface area contributed by atoms with Crippen molar-refractivity contribution in [3.05, 3.63) is 68.8 Å². The summed E-state index contributed by atoms with van der Waals surface area (Å²) in [7, 11) is 0. The van der Waals surface area contributed by atoms with Crippen LogP contribution in [0.15, 0.2) is 41.7 Å². The van der Waals surface area contributed by atoms with Crippen LogP contribution in [0.2, 0.25) is 0 Å². The van der Waals surface area contributed by atoms with Gasteiger partial charge in [0.1, 0.15) is 4.83 Å². The van der Waals surface area contributed by atoms with Gasteiger partial charge in [0.15, 0.2) is 0 Å². The van der Waals surface area contributed by atoms with Crippen molar-refractivity contribution in [3.8, 4) is 0 Å². The lowest BCUT2D eigenvalue weighted by atomic mass is 9.97. The lowest BCUT2D eigenvalue weighted by Gasteiger charge is -2.36. The fourth-order valence-electron chi connectivity index (χ4n) is 4.82. The number of aryl methyl sites for hydroxylation is 3. The number of fused-ring (bicyclic) bond motifs is 3. The van der Waals surface area contributed by atoms with Gasteiger partial charge in [0.25, 0.3) is 5.56 Å². The summed E-state index contributed by atoms with van der Waals surface area (Å²) in [5.74, 6) is 0.811. The Morgan fingerprint density at radius 2 is 1.84 bits per heavy atom. The van der Waals surface area contributed by atoms with E-state index in [4.69, 9.17) is 4.98 Å². The maximum atomic E-state index is 13.5. The summed E-state index contributed by atoms with van der Waals surface area (Å²) < 4.78 is 1.84. The van der Waals surface area contributed by atoms with Gasteiger partial charge in [0.2, 0.25) is 5.95 Å². The molecule has 6 heteroatoms. The molecule has 0 radical (unpaired) electrons. The first kappa shape index (κ1) is 20.5. The number of anilines is 1. The minimum absolute atomic E-state index is 0.112. The summed E-state index contributed by atoms with van der Waals surface area (Å²) in [5.41, 5.74) is 4.02. The number of hydrogen-bond acceptors (Lipinski definition) is 5. The molecule has 0 bridgehead atoms. The van der Waals surface area contributed by atoms with Crippen molar-refractivity contribution in [2.45, 2.75) is 45.7 Å². The number of nitrogens with zero attached hydrogens (tertiary/aromatic N) is 4. The molecule has 0 atom stereocenters. The standard InChI is InChI=1S/C25H30N4OS/c1-3-12-29-24(30)22-20-6-4-5-7-21(20)31-23(22)26-25(29)28-15-13-27(14-16-28)17-19-10-8-18(2)9-11-19/h3,8-11H,1,4-7,12-17H2,2H3. The molecule has 1 aromatic carbocycles. The van der Waals surface area contributed by atoms with Crippen molar-refractivity contribution in [1.29, 1.82) is 0 Å². The molecule has 31 heavy (non-hydrogen) atoms. The summed E-state index contributed by atoms with van der Waals surface area (Å²) in [5, 5.41) is 0.864. The van der Waals surface area contributed by atoms with Crippen LogP contribution < -0.4 is 10.5 Å². The highest BCUT2D eigenvalue weighted by atomic mass is 32.1. The minimum Gasteiger partial charge on any atom is -0.340 e. The zero-order valence-corrected chi connectivity index (χ0v) is 19.1. The van der Waals surface area contributed by atoms with E-state index in [1.807, 2.05) is 10.6 Å². The van der Waals surface area contributed by atoms with Gasteiger partial charge in [-0.15, -0.1) is 17.9 Å². The minimum atomic E-state index is 0.112. The van der Waals surface area contributed by atoms with Gasteiger partial charge in [0, 0.05) is 44.1 Å². The second-order valence-corrected chi connectivity index (χ2v) is 9.84. The Labute approximate surface area is 187 Å². The number of piperazine rings is 1. The lowest BCUT2D eigenvalue weighted by Crippen LogP contribution is -2.48. The third-order valence-corrected chi connectivity index (χ3v) is 7.73. The highest BCUT2D eigenvalue weighted by Crippen LogP contribution is 2.34. The maximum Gasteiger partial charge on any atom is 0.264 e. The van der Waals surface area contributed by atoms with Crippen molar-refractivity contribution >= 4 is 27.5 Å². The molecular weight excluding hydrogens is 404 g/mol. The average Bonchev–Trinajstić information content (AvgIpc) is 3.16. The van der Waals surface area contributed by atoms with Gasteiger partial charge in [-0.1, -0.05) is 35.9 Å². The molecule has 162 valence electrons. The summed E-state index contributed by atoms with van der Waals surface area (Å²) in [6.07, 6.45) is 6.30. The molecule has 5 rings (SSSR count). The van der Waals surface area contributed by atoms with Crippen molar-refractivity contribution < 1.29 is 0 Å². The Hall–Kier alpha value is -2.44. The SMILES string of the molecule is C=CCn1c(N2CCN(Cc3ccc(C)cc3)CC2)nc2sc3c(c2c1=O)CCCC3. The Kier molecular flexibility index (Phi) is 5.67. The monoisotopic (exact) mass is 434 g/mol. The van der Waals surface area contributed by atoms with Gasteiger partial charge in [0.05, 0.1) is 5.39 Å². The molecule has 0 amide bonds. The number of allylic oxidation sites excluding steroid dienone is 1. The van der Waals surface area contributed by atoms with E-state index in [9.17, 15) is 4.79 Å². The smallest absolute Gasteiger partial charge is 0.264 e. The van der Waals surface area contributed by atoms with Crippen molar-refractivity contribution in [3.63, 3.8) is 0 Å². The molecule has 0 spiro atoms. The molecule has 1 aliphatic heterocycles. The second-order valence-electron chi connectivity index (χ2n) is 8.76. The molecule has 0 unspecified atom stereocenters. The summed E-state index contributed by atoms with van der Waals surface area (Å²) in [4.78, 5) is 25.6. The molecule has 1 aliphatic carbocycles. The molecule has 0 saturated carbocycles. The number of rotatable bonds is 5. The van der Waals surface area contributed by atoms with Crippen molar-refractivity contribution in [2.24, 2.45) is 0 Å². The number of thiophene rings is 1. The molecular formula is C25H30N4OS. The van der Waals surface area contributed by atoms with Crippen molar-refractivity contribution in [2.75, 3.05) is 31.1 Å². The lowest BCUT2D eigenvalue weighted by molar-refractivity contribution is 0.248. The summed E-state index contributed by atoms with van der Waals surface area (Å²) in [6.45, 7) is 11.2. The third kappa shape index (κ3) is 3.94. The van der Waals surface area contributed by atoms with Crippen LogP contribution in [-0.4, -0.2) is 40.6 Å². The van der Waals surface area contributed by atoms with Gasteiger partial charge in [-0.25, -0.2) is 4.98 Å². The van der Waals surface area contributed by atoms with Crippen LogP contribution in [0.5, 0.6) is 0 Å². The van der Waals surface area contributed by atoms with Gasteiger partial charge in [-0.3, -0.25) is 14.3 Å². The summed E-state index contributed by atoms with van der Waals surface area (Å²) >= 11 is 1.73. The predicted octanol–water partition coefficient (Wildman–Crippen LogP) is 4.15. The van der Waals surface area contributed by atoms with E-state index < -0.39 is 0 Å². The first-order valence-electron chi connectivity index (χ1n) is 11.3. The third-order valence-electron chi connectivity index (χ3n) is 6.55. The quantitative estimate of drug-likeness (QED) is 0.566. The number of aromatic nitrogens is 2. The van der Waals surface area contributed by atoms with Crippen LogP contribution in [0.3, 0.4) is 0 Å². The average molecular weight is 435 g/mol. The maximum absolute atomic E-state index is 13.5. The van der Waals surface area contributed by atoms with Crippen LogP contribution >= 0.6 is 11.3 Å². The molecule has 2 aromatic heterocycles. The molecule has 1 saturated heterocycles. The van der Waals surface area contributed by atoms with Gasteiger partial charge < -0.3 is 4.90 Å². The number of hydrogen-bond donors (Lipinski definition) is 0. The van der Waals surface area contributed by atoms with Crippen LogP contribution in [0.1, 0.15) is 34.4 Å². The molecule has 3 heterocycles. The molecule has 5 nitrogen and oxygen atoms in total. The fourth-order valence-corrected chi connectivity index (χ4v) is 6.07. The van der Waals surface area contributed by atoms with Gasteiger partial charge in [-0.2, -0.15) is 0 Å². The molecule has 1 fully saturated rings. The van der Waals surface area contributed by atoms with E-state index >= 15 is 0 Å². The van der Waals surface area contributed by atoms with Gasteiger partial charge in [-0.05, 0) is 43.7 Å². The topological polar surface area (TPSA) is 41.4 Å². The fraction of sp³-hybridized carbons (Fsp3) is 0.440. The molecule has 3 aromatic rings.